The molecule has 1 heterocycles. The Bertz CT molecular complexity index is 1100. The number of halogens is 2. The summed E-state index contributed by atoms with van der Waals surface area (Å²) in [6.07, 6.45) is 1.51. The van der Waals surface area contributed by atoms with Gasteiger partial charge in [0.2, 0.25) is 5.78 Å². The number of hydrogen-bond donors (Lipinski definition) is 0. The number of allylic oxidation sites excluding steroid dienone is 1. The summed E-state index contributed by atoms with van der Waals surface area (Å²) < 4.78 is 38.1. The van der Waals surface area contributed by atoms with Crippen LogP contribution in [0.3, 0.4) is 0 Å². The normalized spacial score (nSPS) is 14.1. The fourth-order valence-corrected chi connectivity index (χ4v) is 3.10. The van der Waals surface area contributed by atoms with Gasteiger partial charge in [-0.15, -0.1) is 0 Å². The molecule has 28 heavy (non-hydrogen) atoms. The summed E-state index contributed by atoms with van der Waals surface area (Å²) in [5.74, 6) is 0.0652. The fraction of sp³-hybridized carbons (Fsp3) is 0.0870. The average Bonchev–Trinajstić information content (AvgIpc) is 2.96. The van der Waals surface area contributed by atoms with Crippen molar-refractivity contribution in [3.8, 4) is 11.5 Å². The predicted octanol–water partition coefficient (Wildman–Crippen LogP) is 5.47. The van der Waals surface area contributed by atoms with Crippen LogP contribution in [0.25, 0.3) is 6.08 Å². The highest BCUT2D eigenvalue weighted by molar-refractivity contribution is 6.15. The van der Waals surface area contributed by atoms with Gasteiger partial charge in [-0.2, -0.15) is 0 Å². The molecule has 0 amide bonds. The standard InChI is InChI=1S/C23H16F2O3/c1-14-8-19(27-13-16-5-3-7-18(25)10-16)12-20-22(14)23(26)21(28-20)11-15-4-2-6-17(24)9-15/h2-12H,13H2,1H3/b21-11-. The second-order valence-electron chi connectivity index (χ2n) is 6.53. The van der Waals surface area contributed by atoms with Gasteiger partial charge in [-0.05, 0) is 60.0 Å². The molecule has 1 aliphatic rings. The lowest BCUT2D eigenvalue weighted by Gasteiger charge is -2.09. The van der Waals surface area contributed by atoms with Crippen LogP contribution in [0.1, 0.15) is 27.0 Å². The molecule has 0 saturated heterocycles. The number of ketones is 1. The monoisotopic (exact) mass is 378 g/mol. The molecule has 0 radical (unpaired) electrons. The molecule has 0 N–H and O–H groups in total. The summed E-state index contributed by atoms with van der Waals surface area (Å²) in [4.78, 5) is 12.7. The minimum Gasteiger partial charge on any atom is -0.489 e. The van der Waals surface area contributed by atoms with Gasteiger partial charge in [0.25, 0.3) is 0 Å². The van der Waals surface area contributed by atoms with Crippen LogP contribution in [0.4, 0.5) is 8.78 Å². The average molecular weight is 378 g/mol. The summed E-state index contributed by atoms with van der Waals surface area (Å²) in [5.41, 5.74) is 2.40. The van der Waals surface area contributed by atoms with E-state index >= 15 is 0 Å². The van der Waals surface area contributed by atoms with Gasteiger partial charge in [-0.3, -0.25) is 4.79 Å². The van der Waals surface area contributed by atoms with Crippen molar-refractivity contribution >= 4 is 11.9 Å². The first-order chi connectivity index (χ1) is 13.5. The maximum Gasteiger partial charge on any atom is 0.232 e. The third kappa shape index (κ3) is 3.64. The molecule has 0 unspecified atom stereocenters. The summed E-state index contributed by atoms with van der Waals surface area (Å²) in [7, 11) is 0. The van der Waals surface area contributed by atoms with E-state index in [0.29, 0.717) is 33.8 Å². The number of Topliss-reactive ketones (excluding diaryl/α,β-unsaturated/α-hetero) is 1. The van der Waals surface area contributed by atoms with Crippen molar-refractivity contribution in [1.29, 1.82) is 0 Å². The highest BCUT2D eigenvalue weighted by atomic mass is 19.1. The molecular weight excluding hydrogens is 362 g/mol. The molecule has 0 aliphatic carbocycles. The van der Waals surface area contributed by atoms with Crippen LogP contribution in [0, 0.1) is 18.6 Å². The Morgan fingerprint density at radius 1 is 1.00 bits per heavy atom. The number of fused-ring (bicyclic) bond motifs is 1. The van der Waals surface area contributed by atoms with Gasteiger partial charge in [0.05, 0.1) is 5.56 Å². The zero-order valence-electron chi connectivity index (χ0n) is 15.0. The van der Waals surface area contributed by atoms with Crippen LogP contribution < -0.4 is 9.47 Å². The van der Waals surface area contributed by atoms with Gasteiger partial charge < -0.3 is 9.47 Å². The van der Waals surface area contributed by atoms with Gasteiger partial charge in [0.15, 0.2) is 5.76 Å². The third-order valence-corrected chi connectivity index (χ3v) is 4.38. The number of hydrogen-bond acceptors (Lipinski definition) is 3. The predicted molar refractivity (Wildman–Crippen MR) is 101 cm³/mol. The lowest BCUT2D eigenvalue weighted by atomic mass is 10.0. The van der Waals surface area contributed by atoms with Crippen molar-refractivity contribution in [3.63, 3.8) is 0 Å². The van der Waals surface area contributed by atoms with E-state index in [1.165, 1.54) is 30.3 Å². The largest absolute Gasteiger partial charge is 0.489 e. The van der Waals surface area contributed by atoms with Crippen molar-refractivity contribution < 1.29 is 23.0 Å². The quantitative estimate of drug-likeness (QED) is 0.565. The van der Waals surface area contributed by atoms with Crippen LogP contribution in [-0.4, -0.2) is 5.78 Å². The second kappa shape index (κ2) is 7.27. The zero-order chi connectivity index (χ0) is 19.7. The molecule has 0 atom stereocenters. The molecule has 3 nitrogen and oxygen atoms in total. The maximum atomic E-state index is 13.4. The molecule has 0 bridgehead atoms. The first-order valence-electron chi connectivity index (χ1n) is 8.71. The van der Waals surface area contributed by atoms with Gasteiger partial charge in [-0.1, -0.05) is 24.3 Å². The Labute approximate surface area is 160 Å². The minimum atomic E-state index is -0.387. The number of carbonyl (C=O) groups is 1. The van der Waals surface area contributed by atoms with E-state index in [4.69, 9.17) is 9.47 Å². The van der Waals surface area contributed by atoms with Crippen LogP contribution in [-0.2, 0) is 6.61 Å². The smallest absolute Gasteiger partial charge is 0.232 e. The second-order valence-corrected chi connectivity index (χ2v) is 6.53. The number of carbonyl (C=O) groups excluding carboxylic acids is 1. The van der Waals surface area contributed by atoms with Crippen LogP contribution >= 0.6 is 0 Å². The molecule has 0 spiro atoms. The zero-order valence-corrected chi connectivity index (χ0v) is 15.0. The van der Waals surface area contributed by atoms with Crippen molar-refractivity contribution in [2.45, 2.75) is 13.5 Å². The van der Waals surface area contributed by atoms with Gasteiger partial charge >= 0.3 is 0 Å². The summed E-state index contributed by atoms with van der Waals surface area (Å²) in [6.45, 7) is 1.98. The maximum absolute atomic E-state index is 13.4. The Hall–Kier alpha value is -3.47. The highest BCUT2D eigenvalue weighted by Crippen LogP contribution is 2.37. The molecule has 1 aliphatic heterocycles. The van der Waals surface area contributed by atoms with Gasteiger partial charge in [-0.25, -0.2) is 8.78 Å². The van der Waals surface area contributed by atoms with Gasteiger partial charge in [0.1, 0.15) is 29.7 Å². The van der Waals surface area contributed by atoms with Crippen molar-refractivity contribution in [3.05, 3.63) is 100 Å². The molecule has 0 aromatic heterocycles. The van der Waals surface area contributed by atoms with E-state index in [1.54, 1.807) is 43.3 Å². The van der Waals surface area contributed by atoms with E-state index in [9.17, 15) is 13.6 Å². The lowest BCUT2D eigenvalue weighted by molar-refractivity contribution is 0.101. The molecule has 140 valence electrons. The Kier molecular flexibility index (Phi) is 4.65. The first-order valence-corrected chi connectivity index (χ1v) is 8.71. The first kappa shape index (κ1) is 17.9. The topological polar surface area (TPSA) is 35.5 Å². The molecule has 5 heteroatoms. The molecule has 0 saturated carbocycles. The van der Waals surface area contributed by atoms with E-state index in [0.717, 1.165) is 0 Å². The Balaban J connectivity index is 1.57. The SMILES string of the molecule is Cc1cc(OCc2cccc(F)c2)cc2c1C(=O)/C(=C/c1cccc(F)c1)O2. The lowest BCUT2D eigenvalue weighted by Crippen LogP contribution is -2.00. The molecular formula is C23H16F2O3. The van der Waals surface area contributed by atoms with E-state index in [1.807, 2.05) is 0 Å². The molecule has 0 fully saturated rings. The Morgan fingerprint density at radius 2 is 1.75 bits per heavy atom. The van der Waals surface area contributed by atoms with E-state index < -0.39 is 0 Å². The molecule has 3 aromatic carbocycles. The minimum absolute atomic E-state index is 0.131. The number of benzene rings is 3. The fourth-order valence-electron chi connectivity index (χ4n) is 3.10. The van der Waals surface area contributed by atoms with Crippen molar-refractivity contribution in [2.24, 2.45) is 0 Å². The van der Waals surface area contributed by atoms with Crippen molar-refractivity contribution in [1.82, 2.24) is 0 Å². The summed E-state index contributed by atoms with van der Waals surface area (Å²) >= 11 is 0. The number of ether oxygens (including phenoxy) is 2. The van der Waals surface area contributed by atoms with Crippen molar-refractivity contribution in [2.75, 3.05) is 0 Å². The highest BCUT2D eigenvalue weighted by Gasteiger charge is 2.30. The van der Waals surface area contributed by atoms with E-state index in [2.05, 4.69) is 0 Å². The molecule has 3 aromatic rings. The summed E-state index contributed by atoms with van der Waals surface area (Å²) in [5, 5.41) is 0. The van der Waals surface area contributed by atoms with Crippen LogP contribution in [0.15, 0.2) is 66.4 Å². The summed E-state index contributed by atoms with van der Waals surface area (Å²) in [6, 6.07) is 15.4. The van der Waals surface area contributed by atoms with Crippen LogP contribution in [0.5, 0.6) is 11.5 Å². The number of aryl methyl sites for hydroxylation is 1. The number of rotatable bonds is 4. The van der Waals surface area contributed by atoms with E-state index in [-0.39, 0.29) is 29.8 Å². The van der Waals surface area contributed by atoms with Gasteiger partial charge in [0, 0.05) is 6.07 Å². The Morgan fingerprint density at radius 3 is 2.50 bits per heavy atom. The third-order valence-electron chi connectivity index (χ3n) is 4.38. The molecule has 4 rings (SSSR count). The van der Waals surface area contributed by atoms with Crippen LogP contribution in [0.2, 0.25) is 0 Å².